The summed E-state index contributed by atoms with van der Waals surface area (Å²) in [5, 5.41) is 9.44. The van der Waals surface area contributed by atoms with Crippen LogP contribution in [0.4, 0.5) is 0 Å². The van der Waals surface area contributed by atoms with Gasteiger partial charge in [0, 0.05) is 37.2 Å². The van der Waals surface area contributed by atoms with Crippen LogP contribution >= 0.6 is 0 Å². The summed E-state index contributed by atoms with van der Waals surface area (Å²) in [6.45, 7) is 4.47. The number of rotatable bonds is 4. The van der Waals surface area contributed by atoms with E-state index in [9.17, 15) is 14.4 Å². The molecule has 144 valence electrons. The van der Waals surface area contributed by atoms with E-state index >= 15 is 0 Å². The Hall–Kier alpha value is -2.25. The molecule has 0 spiro atoms. The minimum absolute atomic E-state index is 0.121. The molecule has 1 unspecified atom stereocenters. The predicted octanol–water partition coefficient (Wildman–Crippen LogP) is 0.678. The van der Waals surface area contributed by atoms with Crippen LogP contribution < -0.4 is 16.0 Å². The summed E-state index contributed by atoms with van der Waals surface area (Å²) in [6, 6.07) is 6.26. The molecular formula is C20H26N4O3. The van der Waals surface area contributed by atoms with Crippen molar-refractivity contribution in [3.63, 3.8) is 0 Å². The van der Waals surface area contributed by atoms with Crippen molar-refractivity contribution in [1.82, 2.24) is 20.9 Å². The zero-order valence-corrected chi connectivity index (χ0v) is 15.6. The molecule has 3 atom stereocenters. The number of imide groups is 1. The highest BCUT2D eigenvalue weighted by molar-refractivity contribution is 6.05. The van der Waals surface area contributed by atoms with Crippen LogP contribution in [0, 0.1) is 0 Å². The second-order valence-electron chi connectivity index (χ2n) is 7.76. The summed E-state index contributed by atoms with van der Waals surface area (Å²) in [4.78, 5) is 37.8. The maximum absolute atomic E-state index is 12.7. The summed E-state index contributed by atoms with van der Waals surface area (Å²) in [5.41, 5.74) is 2.76. The highest BCUT2D eigenvalue weighted by atomic mass is 16.2. The predicted molar refractivity (Wildman–Crippen MR) is 99.8 cm³/mol. The standard InChI is InChI=1S/C20H26N4O3/c1-12-16(3-2-8-21-12)22-10-13-4-5-15-14(9-13)11-24(20(15)27)17-6-7-18(25)23-19(17)26/h4-5,9,12,16-17,21-22H,2-3,6-8,10-11H2,1H3,(H,23,25,26)/t12-,16+,17?/m0/s1. The van der Waals surface area contributed by atoms with Crippen molar-refractivity contribution in [1.29, 1.82) is 0 Å². The highest BCUT2D eigenvalue weighted by Crippen LogP contribution is 2.28. The van der Waals surface area contributed by atoms with Gasteiger partial charge in [-0.1, -0.05) is 12.1 Å². The molecule has 0 radical (unpaired) electrons. The number of piperidine rings is 2. The lowest BCUT2D eigenvalue weighted by atomic mass is 9.99. The lowest BCUT2D eigenvalue weighted by Gasteiger charge is -2.30. The van der Waals surface area contributed by atoms with Crippen molar-refractivity contribution in [2.45, 2.75) is 63.8 Å². The van der Waals surface area contributed by atoms with E-state index in [0.717, 1.165) is 24.2 Å². The van der Waals surface area contributed by atoms with Crippen LogP contribution in [0.1, 0.15) is 54.1 Å². The number of amides is 3. The van der Waals surface area contributed by atoms with Crippen molar-refractivity contribution in [3.8, 4) is 0 Å². The number of hydrogen-bond donors (Lipinski definition) is 3. The third-order valence-electron chi connectivity index (χ3n) is 5.92. The lowest BCUT2D eigenvalue weighted by molar-refractivity contribution is -0.136. The lowest BCUT2D eigenvalue weighted by Crippen LogP contribution is -2.52. The molecule has 1 aromatic rings. The van der Waals surface area contributed by atoms with Crippen molar-refractivity contribution in [3.05, 3.63) is 34.9 Å². The molecule has 7 heteroatoms. The minimum Gasteiger partial charge on any atom is -0.322 e. The first-order chi connectivity index (χ1) is 13.0. The van der Waals surface area contributed by atoms with Crippen LogP contribution in [-0.2, 0) is 22.7 Å². The third-order valence-corrected chi connectivity index (χ3v) is 5.92. The molecule has 27 heavy (non-hydrogen) atoms. The van der Waals surface area contributed by atoms with Crippen LogP contribution in [0.5, 0.6) is 0 Å². The molecule has 0 aromatic heterocycles. The Morgan fingerprint density at radius 2 is 2.07 bits per heavy atom. The molecule has 4 rings (SSSR count). The van der Waals surface area contributed by atoms with Gasteiger partial charge in [-0.3, -0.25) is 19.7 Å². The molecule has 7 nitrogen and oxygen atoms in total. The average molecular weight is 370 g/mol. The second kappa shape index (κ2) is 7.40. The van der Waals surface area contributed by atoms with Crippen LogP contribution in [0.15, 0.2) is 18.2 Å². The third kappa shape index (κ3) is 3.61. The maximum atomic E-state index is 12.7. The number of nitrogens with one attached hydrogen (secondary N) is 3. The van der Waals surface area contributed by atoms with E-state index in [2.05, 4.69) is 28.9 Å². The molecule has 0 bridgehead atoms. The number of nitrogens with zero attached hydrogens (tertiary/aromatic N) is 1. The van der Waals surface area contributed by atoms with E-state index in [0.29, 0.717) is 30.6 Å². The first-order valence-corrected chi connectivity index (χ1v) is 9.76. The topological polar surface area (TPSA) is 90.5 Å². The fourth-order valence-corrected chi connectivity index (χ4v) is 4.31. The van der Waals surface area contributed by atoms with E-state index in [1.807, 2.05) is 12.1 Å². The van der Waals surface area contributed by atoms with Crippen LogP contribution in [-0.4, -0.2) is 47.3 Å². The monoisotopic (exact) mass is 370 g/mol. The number of benzene rings is 1. The van der Waals surface area contributed by atoms with Crippen LogP contribution in [0.25, 0.3) is 0 Å². The Kier molecular flexibility index (Phi) is 4.97. The Morgan fingerprint density at radius 3 is 2.85 bits per heavy atom. The molecule has 3 aliphatic heterocycles. The average Bonchev–Trinajstić information content (AvgIpc) is 2.97. The first kappa shape index (κ1) is 18.1. The van der Waals surface area contributed by atoms with E-state index in [-0.39, 0.29) is 24.1 Å². The Bertz CT molecular complexity index is 778. The zero-order valence-electron chi connectivity index (χ0n) is 15.6. The summed E-state index contributed by atoms with van der Waals surface area (Å²) in [7, 11) is 0. The van der Waals surface area contributed by atoms with Gasteiger partial charge in [0.15, 0.2) is 0 Å². The van der Waals surface area contributed by atoms with Gasteiger partial charge in [0.25, 0.3) is 5.91 Å². The fraction of sp³-hybridized carbons (Fsp3) is 0.550. The van der Waals surface area contributed by atoms with E-state index in [1.54, 1.807) is 4.90 Å². The Labute approximate surface area is 158 Å². The van der Waals surface area contributed by atoms with Gasteiger partial charge in [-0.05, 0) is 49.9 Å². The van der Waals surface area contributed by atoms with Crippen molar-refractivity contribution < 1.29 is 14.4 Å². The number of carbonyl (C=O) groups excluding carboxylic acids is 3. The molecule has 2 saturated heterocycles. The van der Waals surface area contributed by atoms with E-state index < -0.39 is 6.04 Å². The van der Waals surface area contributed by atoms with Crippen molar-refractivity contribution in [2.75, 3.05) is 6.54 Å². The first-order valence-electron chi connectivity index (χ1n) is 9.76. The minimum atomic E-state index is -0.557. The Morgan fingerprint density at radius 1 is 1.22 bits per heavy atom. The van der Waals surface area contributed by atoms with Gasteiger partial charge in [-0.2, -0.15) is 0 Å². The van der Waals surface area contributed by atoms with Crippen molar-refractivity contribution >= 4 is 17.7 Å². The summed E-state index contributed by atoms with van der Waals surface area (Å²) >= 11 is 0. The molecule has 3 aliphatic rings. The molecule has 2 fully saturated rings. The summed E-state index contributed by atoms with van der Waals surface area (Å²) in [6.07, 6.45) is 3.02. The number of fused-ring (bicyclic) bond motifs is 1. The molecule has 3 N–H and O–H groups in total. The largest absolute Gasteiger partial charge is 0.322 e. The molecule has 3 amide bonds. The van der Waals surface area contributed by atoms with Crippen LogP contribution in [0.2, 0.25) is 0 Å². The van der Waals surface area contributed by atoms with Crippen molar-refractivity contribution in [2.24, 2.45) is 0 Å². The molecule has 0 aliphatic carbocycles. The van der Waals surface area contributed by atoms with Gasteiger partial charge in [0.1, 0.15) is 6.04 Å². The van der Waals surface area contributed by atoms with E-state index in [1.165, 1.54) is 12.8 Å². The molecule has 1 aromatic carbocycles. The van der Waals surface area contributed by atoms with E-state index in [4.69, 9.17) is 0 Å². The molecular weight excluding hydrogens is 344 g/mol. The van der Waals surface area contributed by atoms with Gasteiger partial charge in [0.05, 0.1) is 0 Å². The smallest absolute Gasteiger partial charge is 0.255 e. The van der Waals surface area contributed by atoms with Gasteiger partial charge in [-0.25, -0.2) is 0 Å². The zero-order chi connectivity index (χ0) is 19.0. The fourth-order valence-electron chi connectivity index (χ4n) is 4.31. The van der Waals surface area contributed by atoms with Crippen LogP contribution in [0.3, 0.4) is 0 Å². The summed E-state index contributed by atoms with van der Waals surface area (Å²) in [5.74, 6) is -0.752. The van der Waals surface area contributed by atoms with Gasteiger partial charge < -0.3 is 15.5 Å². The normalized spacial score (nSPS) is 28.3. The highest BCUT2D eigenvalue weighted by Gasteiger charge is 2.39. The molecule has 0 saturated carbocycles. The number of carbonyl (C=O) groups is 3. The van der Waals surface area contributed by atoms with Gasteiger partial charge in [-0.15, -0.1) is 0 Å². The van der Waals surface area contributed by atoms with Gasteiger partial charge in [0.2, 0.25) is 11.8 Å². The second-order valence-corrected chi connectivity index (χ2v) is 7.76. The van der Waals surface area contributed by atoms with Gasteiger partial charge >= 0.3 is 0 Å². The SMILES string of the molecule is C[C@@H]1NCCC[C@H]1NCc1ccc2c(c1)CN(C1CCC(=O)NC1=O)C2=O. The molecule has 3 heterocycles. The quantitative estimate of drug-likeness (QED) is 0.678. The number of hydrogen-bond acceptors (Lipinski definition) is 5. The Balaban J connectivity index is 1.43. The maximum Gasteiger partial charge on any atom is 0.255 e. The summed E-state index contributed by atoms with van der Waals surface area (Å²) < 4.78 is 0.